The van der Waals surface area contributed by atoms with Crippen molar-refractivity contribution in [2.24, 2.45) is 21.7 Å². The first-order valence-electron chi connectivity index (χ1n) is 10.8. The maximum absolute atomic E-state index is 4.60. The molecule has 28 heavy (non-hydrogen) atoms. The van der Waals surface area contributed by atoms with Crippen LogP contribution >= 0.6 is 22.6 Å². The molecule has 1 unspecified atom stereocenters. The number of alkyl halides is 1. The van der Waals surface area contributed by atoms with Gasteiger partial charge < -0.3 is 0 Å². The fourth-order valence-corrected chi connectivity index (χ4v) is 5.56. The van der Waals surface area contributed by atoms with Crippen LogP contribution in [0, 0.1) is 21.7 Å². The van der Waals surface area contributed by atoms with Crippen LogP contribution in [0.1, 0.15) is 108 Å². The van der Waals surface area contributed by atoms with Gasteiger partial charge in [-0.2, -0.15) is 0 Å². The van der Waals surface area contributed by atoms with Crippen molar-refractivity contribution in [2.75, 3.05) is 0 Å². The Hall–Kier alpha value is -0.130. The molecule has 164 valence electrons. The Morgan fingerprint density at radius 3 is 1.86 bits per heavy atom. The lowest BCUT2D eigenvalue weighted by Gasteiger charge is -2.38. The van der Waals surface area contributed by atoms with Crippen molar-refractivity contribution in [3.63, 3.8) is 0 Å². The quantitative estimate of drug-likeness (QED) is 0.256. The molecule has 1 aromatic heterocycles. The minimum absolute atomic E-state index is 0.0210. The number of nitrogens with zero attached hydrogens (tertiary/aromatic N) is 3. The number of halogens is 1. The molecule has 0 aliphatic rings. The summed E-state index contributed by atoms with van der Waals surface area (Å²) in [5.74, 6) is 0. The van der Waals surface area contributed by atoms with Gasteiger partial charge in [0.2, 0.25) is 0 Å². The average molecular weight is 504 g/mol. The van der Waals surface area contributed by atoms with Crippen molar-refractivity contribution in [3.05, 3.63) is 11.9 Å². The second-order valence-corrected chi connectivity index (χ2v) is 15.1. The van der Waals surface area contributed by atoms with Crippen LogP contribution in [-0.2, 0) is 12.0 Å². The highest BCUT2D eigenvalue weighted by molar-refractivity contribution is 14.1. The number of hydrogen-bond donors (Lipinski definition) is 0. The van der Waals surface area contributed by atoms with Crippen molar-refractivity contribution < 1.29 is 0 Å². The molecule has 0 fully saturated rings. The molecule has 3 nitrogen and oxygen atoms in total. The van der Waals surface area contributed by atoms with E-state index in [0.717, 1.165) is 18.7 Å². The topological polar surface area (TPSA) is 30.7 Å². The van der Waals surface area contributed by atoms with E-state index in [9.17, 15) is 0 Å². The third-order valence-electron chi connectivity index (χ3n) is 5.76. The lowest BCUT2D eigenvalue weighted by molar-refractivity contribution is 0.163. The van der Waals surface area contributed by atoms with Crippen LogP contribution in [0.3, 0.4) is 0 Å². The van der Waals surface area contributed by atoms with E-state index in [1.54, 1.807) is 0 Å². The summed E-state index contributed by atoms with van der Waals surface area (Å²) >= 11 is 2.56. The van der Waals surface area contributed by atoms with E-state index in [1.165, 1.54) is 12.8 Å². The maximum atomic E-state index is 4.60. The van der Waals surface area contributed by atoms with E-state index < -0.39 is 0 Å². The summed E-state index contributed by atoms with van der Waals surface area (Å²) in [6, 6.07) is 0. The van der Waals surface area contributed by atoms with Gasteiger partial charge in [-0.05, 0) is 40.9 Å². The Morgan fingerprint density at radius 2 is 1.39 bits per heavy atom. The molecule has 0 spiro atoms. The van der Waals surface area contributed by atoms with E-state index in [4.69, 9.17) is 0 Å². The summed E-state index contributed by atoms with van der Waals surface area (Å²) < 4.78 is 2.71. The second kappa shape index (κ2) is 8.55. The minimum Gasteiger partial charge on any atom is -0.252 e. The Balaban J connectivity index is 2.90. The van der Waals surface area contributed by atoms with Crippen molar-refractivity contribution in [1.82, 2.24) is 15.0 Å². The normalized spacial score (nSPS) is 15.8. The second-order valence-electron chi connectivity index (χ2n) is 13.2. The lowest BCUT2D eigenvalue weighted by atomic mass is 9.67. The predicted octanol–water partition coefficient (Wildman–Crippen LogP) is 7.67. The van der Waals surface area contributed by atoms with Crippen LogP contribution in [0.2, 0.25) is 0 Å². The van der Waals surface area contributed by atoms with Gasteiger partial charge in [0.15, 0.2) is 0 Å². The lowest BCUT2D eigenvalue weighted by Crippen LogP contribution is -2.32. The third-order valence-corrected chi connectivity index (χ3v) is 7.45. The van der Waals surface area contributed by atoms with Crippen LogP contribution in [0.15, 0.2) is 6.20 Å². The molecule has 0 saturated carbocycles. The van der Waals surface area contributed by atoms with Crippen LogP contribution in [-0.4, -0.2) is 18.9 Å². The van der Waals surface area contributed by atoms with Gasteiger partial charge in [-0.15, -0.1) is 5.10 Å². The molecule has 1 rings (SSSR count). The van der Waals surface area contributed by atoms with Crippen LogP contribution in [0.5, 0.6) is 0 Å². The van der Waals surface area contributed by atoms with Gasteiger partial charge in [-0.1, -0.05) is 111 Å². The SMILES string of the molecule is CC(I)C(C)(C)CC(C)(C)Cn1cc(C(C)(C)CC(C)(C)CC(C)(C)C)nn1. The highest BCUT2D eigenvalue weighted by Crippen LogP contribution is 2.43. The Morgan fingerprint density at radius 1 is 0.857 bits per heavy atom. The summed E-state index contributed by atoms with van der Waals surface area (Å²) in [4.78, 5) is 0. The van der Waals surface area contributed by atoms with Gasteiger partial charge in [0.1, 0.15) is 0 Å². The maximum Gasteiger partial charge on any atom is 0.0883 e. The van der Waals surface area contributed by atoms with Gasteiger partial charge in [0.05, 0.1) is 5.69 Å². The van der Waals surface area contributed by atoms with E-state index >= 15 is 0 Å². The van der Waals surface area contributed by atoms with Crippen molar-refractivity contribution >= 4 is 22.6 Å². The summed E-state index contributed by atoms with van der Waals surface area (Å²) in [6.07, 6.45) is 5.67. The third kappa shape index (κ3) is 8.31. The molecule has 0 radical (unpaired) electrons. The van der Waals surface area contributed by atoms with Crippen LogP contribution in [0.25, 0.3) is 0 Å². The molecule has 1 atom stereocenters. The van der Waals surface area contributed by atoms with Gasteiger partial charge in [-0.3, -0.25) is 4.68 Å². The van der Waals surface area contributed by atoms with E-state index in [2.05, 4.69) is 127 Å². The smallest absolute Gasteiger partial charge is 0.0883 e. The molecular weight excluding hydrogens is 457 g/mol. The van der Waals surface area contributed by atoms with Gasteiger partial charge >= 0.3 is 0 Å². The van der Waals surface area contributed by atoms with Crippen LogP contribution in [0.4, 0.5) is 0 Å². The number of aromatic nitrogens is 3. The van der Waals surface area contributed by atoms with Gasteiger partial charge in [-0.25, -0.2) is 0 Å². The summed E-state index contributed by atoms with van der Waals surface area (Å²) in [7, 11) is 0. The largest absolute Gasteiger partial charge is 0.252 e. The predicted molar refractivity (Wildman–Crippen MR) is 131 cm³/mol. The monoisotopic (exact) mass is 503 g/mol. The minimum atomic E-state index is 0.0210. The van der Waals surface area contributed by atoms with Crippen molar-refractivity contribution in [3.8, 4) is 0 Å². The zero-order valence-corrected chi connectivity index (χ0v) is 22.9. The van der Waals surface area contributed by atoms with Gasteiger partial charge in [0.25, 0.3) is 0 Å². The summed E-state index contributed by atoms with van der Waals surface area (Å²) in [5.41, 5.74) is 2.24. The first-order chi connectivity index (χ1) is 12.2. The zero-order chi connectivity index (χ0) is 22.2. The molecule has 0 amide bonds. The number of rotatable bonds is 9. The number of hydrogen-bond acceptors (Lipinski definition) is 2. The molecule has 0 aliphatic carbocycles. The first-order valence-corrected chi connectivity index (χ1v) is 12.0. The average Bonchev–Trinajstić information content (AvgIpc) is 2.80. The first kappa shape index (κ1) is 25.9. The van der Waals surface area contributed by atoms with Crippen molar-refractivity contribution in [2.45, 2.75) is 118 Å². The summed E-state index contributed by atoms with van der Waals surface area (Å²) in [5, 5.41) is 9.11. The molecule has 0 aliphatic heterocycles. The van der Waals surface area contributed by atoms with E-state index in [1.807, 2.05) is 0 Å². The Bertz CT molecular complexity index is 631. The molecule has 4 heteroatoms. The Labute approximate surface area is 189 Å². The Kier molecular flexibility index (Phi) is 7.91. The molecule has 0 aromatic carbocycles. The van der Waals surface area contributed by atoms with E-state index in [0.29, 0.717) is 14.8 Å². The fourth-order valence-electron chi connectivity index (χ4n) is 5.34. The van der Waals surface area contributed by atoms with Crippen molar-refractivity contribution in [1.29, 1.82) is 0 Å². The van der Waals surface area contributed by atoms with Gasteiger partial charge in [0, 0.05) is 22.1 Å². The van der Waals surface area contributed by atoms with E-state index in [-0.39, 0.29) is 16.2 Å². The fraction of sp³-hybridized carbons (Fsp3) is 0.917. The molecular formula is C24H46IN3. The van der Waals surface area contributed by atoms with Crippen LogP contribution < -0.4 is 0 Å². The zero-order valence-electron chi connectivity index (χ0n) is 20.7. The highest BCUT2D eigenvalue weighted by atomic mass is 127. The molecule has 1 aromatic rings. The molecule has 0 N–H and O–H groups in total. The molecule has 0 bridgehead atoms. The highest BCUT2D eigenvalue weighted by Gasteiger charge is 2.36. The molecule has 0 saturated heterocycles. The standard InChI is InChI=1S/C24H46IN3/c1-18(25)23(9,10)16-22(7,8)17-28-13-19(26-27-28)24(11,12)15-21(5,6)14-20(2,3)4/h13,18H,14-17H2,1-12H3. The molecule has 1 heterocycles. The summed E-state index contributed by atoms with van der Waals surface area (Å²) in [6.45, 7) is 29.1.